The van der Waals surface area contributed by atoms with Crippen molar-refractivity contribution in [3.05, 3.63) is 0 Å². The highest BCUT2D eigenvalue weighted by Gasteiger charge is 2.77. The van der Waals surface area contributed by atoms with E-state index in [1.165, 1.54) is 11.8 Å². The summed E-state index contributed by atoms with van der Waals surface area (Å²) in [7, 11) is -4.02. The molecule has 0 aromatic rings. The molecular formula is C8H12O3S2. The number of thiol groups is 1. The molecular weight excluding hydrogens is 208 g/mol. The van der Waals surface area contributed by atoms with Crippen LogP contribution in [-0.4, -0.2) is 29.7 Å². The van der Waals surface area contributed by atoms with Gasteiger partial charge in [-0.15, -0.1) is 0 Å². The first kappa shape index (κ1) is 8.56. The predicted octanol–water partition coefficient (Wildman–Crippen LogP) is -0.391. The van der Waals surface area contributed by atoms with Crippen LogP contribution >= 0.6 is 0 Å². The van der Waals surface area contributed by atoms with Gasteiger partial charge in [-0.2, -0.15) is 0 Å². The summed E-state index contributed by atoms with van der Waals surface area (Å²) in [4.78, 5) is 0. The molecule has 0 aromatic heterocycles. The summed E-state index contributed by atoms with van der Waals surface area (Å²) in [5, 5.41) is 0.00340. The molecule has 5 heteroatoms. The van der Waals surface area contributed by atoms with E-state index in [1.54, 1.807) is 0 Å². The molecule has 4 rings (SSSR count). The lowest BCUT2D eigenvalue weighted by Gasteiger charge is -2.19. The van der Waals surface area contributed by atoms with Gasteiger partial charge in [0.2, 0.25) is 0 Å². The van der Waals surface area contributed by atoms with Gasteiger partial charge in [0.15, 0.2) is 0 Å². The van der Waals surface area contributed by atoms with E-state index in [1.807, 2.05) is 0 Å². The van der Waals surface area contributed by atoms with Gasteiger partial charge in [-0.3, -0.25) is 0 Å². The summed E-state index contributed by atoms with van der Waals surface area (Å²) >= 11 is 1.28. The minimum absolute atomic E-state index is 0.203. The van der Waals surface area contributed by atoms with Crippen molar-refractivity contribution in [3.8, 4) is 0 Å². The first-order valence-corrected chi connectivity index (χ1v) is 7.47. The smallest absolute Gasteiger partial charge is 0.123 e. The Hall–Kier alpha value is 0.260. The van der Waals surface area contributed by atoms with Crippen LogP contribution in [0.25, 0.3) is 0 Å². The molecule has 0 spiro atoms. The van der Waals surface area contributed by atoms with Gasteiger partial charge >= 0.3 is 0 Å². The lowest BCUT2D eigenvalue weighted by molar-refractivity contribution is 0.432. The van der Waals surface area contributed by atoms with E-state index in [-0.39, 0.29) is 11.8 Å². The maximum atomic E-state index is 11.0. The summed E-state index contributed by atoms with van der Waals surface area (Å²) in [6.07, 6.45) is 3.09. The Morgan fingerprint density at radius 2 is 2.00 bits per heavy atom. The predicted molar refractivity (Wildman–Crippen MR) is 50.5 cm³/mol. The molecule has 6 atom stereocenters. The van der Waals surface area contributed by atoms with Gasteiger partial charge in [-0.05, 0) is 30.0 Å². The van der Waals surface area contributed by atoms with Crippen LogP contribution in [0.4, 0.5) is 0 Å². The second-order valence-electron chi connectivity index (χ2n) is 4.42. The Morgan fingerprint density at radius 3 is 2.31 bits per heavy atom. The average molecular weight is 220 g/mol. The molecule has 4 aliphatic carbocycles. The van der Waals surface area contributed by atoms with Gasteiger partial charge in [0.05, 0.1) is 21.6 Å². The summed E-state index contributed by atoms with van der Waals surface area (Å²) in [6, 6.07) is 0. The Bertz CT molecular complexity index is 350. The topological polar surface area (TPSA) is 57.2 Å². The highest BCUT2D eigenvalue weighted by atomic mass is 32.2. The lowest BCUT2D eigenvalue weighted by atomic mass is 10.1. The molecule has 4 bridgehead atoms. The Labute approximate surface area is 82.0 Å². The number of hydrogen-bond acceptors (Lipinski definition) is 3. The first-order valence-electron chi connectivity index (χ1n) is 4.59. The van der Waals surface area contributed by atoms with Crippen LogP contribution < -0.4 is 0 Å². The van der Waals surface area contributed by atoms with Crippen LogP contribution in [-0.2, 0) is 21.9 Å². The molecule has 4 fully saturated rings. The minimum atomic E-state index is -4.02. The van der Waals surface area contributed by atoms with E-state index in [0.29, 0.717) is 17.1 Å². The van der Waals surface area contributed by atoms with Crippen molar-refractivity contribution in [3.63, 3.8) is 0 Å². The fourth-order valence-electron chi connectivity index (χ4n) is 3.81. The molecule has 74 valence electrons. The van der Waals surface area contributed by atoms with Gasteiger partial charge in [0.1, 0.15) is 5.25 Å². The van der Waals surface area contributed by atoms with E-state index in [4.69, 9.17) is 0 Å². The van der Waals surface area contributed by atoms with Gasteiger partial charge < -0.3 is 4.55 Å². The molecule has 0 aliphatic heterocycles. The molecule has 13 heavy (non-hydrogen) atoms. The monoisotopic (exact) mass is 220 g/mol. The highest BCUT2D eigenvalue weighted by molar-refractivity contribution is 7.86. The summed E-state index contributed by atoms with van der Waals surface area (Å²) in [5.41, 5.74) is 0. The maximum absolute atomic E-state index is 11.0. The van der Waals surface area contributed by atoms with Crippen LogP contribution in [0.15, 0.2) is 0 Å². The number of rotatable bonds is 2. The van der Waals surface area contributed by atoms with Crippen LogP contribution in [0, 0.1) is 23.7 Å². The molecule has 4 saturated carbocycles. The Balaban J connectivity index is 1.98. The zero-order valence-corrected chi connectivity index (χ0v) is 8.96. The molecule has 0 heterocycles. The van der Waals surface area contributed by atoms with E-state index in [0.717, 1.165) is 6.42 Å². The fraction of sp³-hybridized carbons (Fsp3) is 1.00. The molecule has 3 nitrogen and oxygen atoms in total. The summed E-state index contributed by atoms with van der Waals surface area (Å²) in [6.45, 7) is 0. The first-order chi connectivity index (χ1) is 6.05. The van der Waals surface area contributed by atoms with Gasteiger partial charge in [0.25, 0.3) is 0 Å². The van der Waals surface area contributed by atoms with E-state index in [2.05, 4.69) is 6.26 Å². The molecule has 4 aliphatic rings. The second-order valence-corrected chi connectivity index (χ2v) is 7.07. The van der Waals surface area contributed by atoms with E-state index < -0.39 is 15.4 Å². The minimum Gasteiger partial charge on any atom is -0.748 e. The number of hydrogen-bond donors (Lipinski definition) is 0. The third-order valence-corrected chi connectivity index (χ3v) is 6.76. The van der Waals surface area contributed by atoms with Gasteiger partial charge in [-0.25, -0.2) is 8.42 Å². The third kappa shape index (κ3) is 0.882. The van der Waals surface area contributed by atoms with Crippen molar-refractivity contribution in [2.45, 2.75) is 16.9 Å². The SMILES string of the molecule is C[SH+]C1C2CC3C1C3C2S(=O)(=O)[O-]. The van der Waals surface area contributed by atoms with Crippen molar-refractivity contribution in [2.75, 3.05) is 6.26 Å². The van der Waals surface area contributed by atoms with E-state index in [9.17, 15) is 13.0 Å². The molecule has 0 radical (unpaired) electrons. The largest absolute Gasteiger partial charge is 0.748 e. The molecule has 6 unspecified atom stereocenters. The van der Waals surface area contributed by atoms with Crippen molar-refractivity contribution in [1.29, 1.82) is 0 Å². The standard InChI is InChI=1S/C8H12O3S2/c1-12-7-4-2-3-5(7)6(3)8(4)13(9,10)11/h3-8H,2H2,1H3,(H,9,10,11). The van der Waals surface area contributed by atoms with Crippen LogP contribution in [0.2, 0.25) is 0 Å². The van der Waals surface area contributed by atoms with Crippen LogP contribution in [0.5, 0.6) is 0 Å². The van der Waals surface area contributed by atoms with Gasteiger partial charge in [-0.1, -0.05) is 0 Å². The molecule has 0 amide bonds. The zero-order chi connectivity index (χ0) is 9.38. The van der Waals surface area contributed by atoms with Crippen molar-refractivity contribution in [1.82, 2.24) is 0 Å². The molecule has 0 aromatic carbocycles. The highest BCUT2D eigenvalue weighted by Crippen LogP contribution is 2.72. The average Bonchev–Trinajstić information content (AvgIpc) is 2.50. The fourth-order valence-corrected chi connectivity index (χ4v) is 6.86. The second kappa shape index (κ2) is 2.25. The quantitative estimate of drug-likeness (QED) is 0.362. The van der Waals surface area contributed by atoms with Gasteiger partial charge in [0, 0.05) is 11.8 Å². The van der Waals surface area contributed by atoms with Crippen LogP contribution in [0.3, 0.4) is 0 Å². The molecule has 0 saturated heterocycles. The van der Waals surface area contributed by atoms with Crippen LogP contribution in [0.1, 0.15) is 6.42 Å². The summed E-state index contributed by atoms with van der Waals surface area (Å²) < 4.78 is 33.0. The van der Waals surface area contributed by atoms with Crippen molar-refractivity contribution < 1.29 is 13.0 Å². The van der Waals surface area contributed by atoms with Crippen molar-refractivity contribution in [2.24, 2.45) is 23.7 Å². The third-order valence-electron chi connectivity index (χ3n) is 4.10. The Kier molecular flexibility index (Phi) is 1.48. The van der Waals surface area contributed by atoms with E-state index >= 15 is 0 Å². The normalized spacial score (nSPS) is 57.1. The van der Waals surface area contributed by atoms with Crippen molar-refractivity contribution >= 4 is 21.9 Å². The maximum Gasteiger partial charge on any atom is 0.123 e. The lowest BCUT2D eigenvalue weighted by Crippen LogP contribution is -2.28. The molecule has 0 N–H and O–H groups in total. The zero-order valence-electron chi connectivity index (χ0n) is 7.25. The summed E-state index contributed by atoms with van der Waals surface area (Å²) in [5.74, 6) is 1.64. The Morgan fingerprint density at radius 1 is 1.31 bits per heavy atom.